The number of carbonyl (C=O) groups is 1. The lowest BCUT2D eigenvalue weighted by atomic mass is 9.95. The highest BCUT2D eigenvalue weighted by atomic mass is 19.1. The molecule has 4 aromatic rings. The first-order chi connectivity index (χ1) is 19.0. The quantitative estimate of drug-likeness (QED) is 0.268. The van der Waals surface area contributed by atoms with Crippen molar-refractivity contribution in [2.45, 2.75) is 19.6 Å². The predicted octanol–water partition coefficient (Wildman–Crippen LogP) is 6.95. The molecule has 1 aliphatic heterocycles. The number of amides is 1. The van der Waals surface area contributed by atoms with Crippen LogP contribution in [-0.2, 0) is 13.2 Å². The van der Waals surface area contributed by atoms with Crippen LogP contribution in [0.1, 0.15) is 23.1 Å². The van der Waals surface area contributed by atoms with Crippen molar-refractivity contribution in [3.63, 3.8) is 0 Å². The number of hydrogen-bond donors (Lipinski definition) is 1. The first kappa shape index (κ1) is 25.9. The SMILES string of the molecule is O=C(O)N1CC=C(c2cc(F)c(-c3ccc(OCc4ccccc4)nc3OCc3ccccc3)cc2F)CC1. The summed E-state index contributed by atoms with van der Waals surface area (Å²) in [4.78, 5) is 16.9. The molecule has 0 unspecified atom stereocenters. The zero-order chi connectivity index (χ0) is 27.2. The maximum Gasteiger partial charge on any atom is 0.407 e. The second kappa shape index (κ2) is 11.8. The molecule has 3 aromatic carbocycles. The molecule has 6 nitrogen and oxygen atoms in total. The number of ether oxygens (including phenoxy) is 2. The summed E-state index contributed by atoms with van der Waals surface area (Å²) in [6.45, 7) is 0.810. The molecule has 0 saturated heterocycles. The number of benzene rings is 3. The molecule has 1 N–H and O–H groups in total. The molecule has 0 bridgehead atoms. The fraction of sp³-hybridized carbons (Fsp3) is 0.161. The molecule has 0 aliphatic carbocycles. The van der Waals surface area contributed by atoms with Crippen LogP contribution in [0, 0.1) is 11.6 Å². The highest BCUT2D eigenvalue weighted by molar-refractivity contribution is 5.75. The zero-order valence-electron chi connectivity index (χ0n) is 21.0. The van der Waals surface area contributed by atoms with Gasteiger partial charge in [-0.2, -0.15) is 4.98 Å². The second-order valence-electron chi connectivity index (χ2n) is 9.07. The third kappa shape index (κ3) is 6.23. The molecule has 0 saturated carbocycles. The highest BCUT2D eigenvalue weighted by Crippen LogP contribution is 2.36. The van der Waals surface area contributed by atoms with Crippen LogP contribution in [0.2, 0.25) is 0 Å². The van der Waals surface area contributed by atoms with Crippen LogP contribution in [0.25, 0.3) is 16.7 Å². The van der Waals surface area contributed by atoms with Gasteiger partial charge in [-0.15, -0.1) is 0 Å². The third-order valence-electron chi connectivity index (χ3n) is 6.46. The van der Waals surface area contributed by atoms with Gasteiger partial charge in [-0.3, -0.25) is 0 Å². The molecule has 39 heavy (non-hydrogen) atoms. The number of halogens is 2. The number of rotatable bonds is 8. The van der Waals surface area contributed by atoms with Crippen LogP contribution in [0.15, 0.2) is 91.0 Å². The van der Waals surface area contributed by atoms with Gasteiger partial charge in [-0.25, -0.2) is 13.6 Å². The summed E-state index contributed by atoms with van der Waals surface area (Å²) < 4.78 is 42.6. The number of aromatic nitrogens is 1. The summed E-state index contributed by atoms with van der Waals surface area (Å²) in [7, 11) is 0. The Morgan fingerprint density at radius 3 is 2.05 bits per heavy atom. The first-order valence-electron chi connectivity index (χ1n) is 12.5. The molecule has 0 atom stereocenters. The fourth-order valence-electron chi connectivity index (χ4n) is 4.36. The van der Waals surface area contributed by atoms with E-state index >= 15 is 8.78 Å². The van der Waals surface area contributed by atoms with Gasteiger partial charge in [0.15, 0.2) is 0 Å². The Kier molecular flexibility index (Phi) is 7.82. The summed E-state index contributed by atoms with van der Waals surface area (Å²) in [6, 6.07) is 24.5. The van der Waals surface area contributed by atoms with E-state index in [4.69, 9.17) is 14.6 Å². The highest BCUT2D eigenvalue weighted by Gasteiger charge is 2.22. The van der Waals surface area contributed by atoms with E-state index in [-0.39, 0.29) is 48.9 Å². The summed E-state index contributed by atoms with van der Waals surface area (Å²) in [5.41, 5.74) is 2.83. The molecule has 5 rings (SSSR count). The lowest BCUT2D eigenvalue weighted by Crippen LogP contribution is -2.33. The molecule has 1 amide bonds. The normalized spacial score (nSPS) is 13.1. The number of pyridine rings is 1. The van der Waals surface area contributed by atoms with Crippen molar-refractivity contribution in [1.29, 1.82) is 0 Å². The topological polar surface area (TPSA) is 71.9 Å². The van der Waals surface area contributed by atoms with Crippen LogP contribution in [0.4, 0.5) is 13.6 Å². The average Bonchev–Trinajstić information content (AvgIpc) is 2.97. The van der Waals surface area contributed by atoms with E-state index in [9.17, 15) is 4.79 Å². The van der Waals surface area contributed by atoms with Crippen LogP contribution in [0.5, 0.6) is 11.8 Å². The van der Waals surface area contributed by atoms with Crippen LogP contribution in [-0.4, -0.2) is 34.2 Å². The van der Waals surface area contributed by atoms with Crippen LogP contribution in [0.3, 0.4) is 0 Å². The van der Waals surface area contributed by atoms with Crippen molar-refractivity contribution >= 4 is 11.7 Å². The standard InChI is InChI=1S/C31H26F2N2O4/c32-27-18-26(28(33)17-25(27)23-13-15-35(16-14-23)31(36)37)24-11-12-29(38-19-21-7-3-1-4-8-21)34-30(24)39-20-22-9-5-2-6-10-22/h1-13,17-18H,14-16,19-20H2,(H,36,37). The second-order valence-corrected chi connectivity index (χ2v) is 9.07. The van der Waals surface area contributed by atoms with Crippen molar-refractivity contribution in [3.05, 3.63) is 119 Å². The van der Waals surface area contributed by atoms with Crippen molar-refractivity contribution in [3.8, 4) is 22.9 Å². The van der Waals surface area contributed by atoms with Gasteiger partial charge in [0.2, 0.25) is 11.8 Å². The Morgan fingerprint density at radius 2 is 1.44 bits per heavy atom. The van der Waals surface area contributed by atoms with Gasteiger partial charge < -0.3 is 19.5 Å². The van der Waals surface area contributed by atoms with E-state index < -0.39 is 17.7 Å². The number of carboxylic acid groups (broad SMARTS) is 1. The molecular weight excluding hydrogens is 502 g/mol. The van der Waals surface area contributed by atoms with Gasteiger partial charge in [-0.05, 0) is 41.3 Å². The van der Waals surface area contributed by atoms with Gasteiger partial charge in [0.1, 0.15) is 24.8 Å². The summed E-state index contributed by atoms with van der Waals surface area (Å²) in [5.74, 6) is -0.847. The molecule has 8 heteroatoms. The van der Waals surface area contributed by atoms with Crippen molar-refractivity contribution in [2.75, 3.05) is 13.1 Å². The smallest absolute Gasteiger partial charge is 0.407 e. The van der Waals surface area contributed by atoms with Gasteiger partial charge in [0.25, 0.3) is 0 Å². The minimum absolute atomic E-state index is 0.00462. The Morgan fingerprint density at radius 1 is 0.821 bits per heavy atom. The predicted molar refractivity (Wildman–Crippen MR) is 143 cm³/mol. The van der Waals surface area contributed by atoms with Gasteiger partial charge in [0.05, 0.1) is 0 Å². The Hall–Kier alpha value is -4.72. The first-order valence-corrected chi connectivity index (χ1v) is 12.5. The van der Waals surface area contributed by atoms with E-state index in [1.165, 1.54) is 4.90 Å². The van der Waals surface area contributed by atoms with Crippen LogP contribution >= 0.6 is 0 Å². The van der Waals surface area contributed by atoms with Gasteiger partial charge in [-0.1, -0.05) is 66.7 Å². The minimum atomic E-state index is -1.04. The Balaban J connectivity index is 1.44. The fourth-order valence-corrected chi connectivity index (χ4v) is 4.36. The van der Waals surface area contributed by atoms with E-state index in [0.29, 0.717) is 17.9 Å². The number of hydrogen-bond acceptors (Lipinski definition) is 4. The van der Waals surface area contributed by atoms with Gasteiger partial charge >= 0.3 is 6.09 Å². The lowest BCUT2D eigenvalue weighted by molar-refractivity contribution is 0.150. The maximum absolute atomic E-state index is 15.5. The largest absolute Gasteiger partial charge is 0.473 e. The lowest BCUT2D eigenvalue weighted by Gasteiger charge is -2.24. The Bertz CT molecular complexity index is 1490. The molecule has 0 fully saturated rings. The Labute approximate surface area is 224 Å². The van der Waals surface area contributed by atoms with Crippen LogP contribution < -0.4 is 9.47 Å². The van der Waals surface area contributed by atoms with E-state index in [2.05, 4.69) is 4.98 Å². The summed E-state index contributed by atoms with van der Waals surface area (Å²) in [6.07, 6.45) is 0.867. The molecule has 2 heterocycles. The maximum atomic E-state index is 15.5. The van der Waals surface area contributed by atoms with Crippen molar-refractivity contribution in [2.24, 2.45) is 0 Å². The molecule has 198 valence electrons. The van der Waals surface area contributed by atoms with Crippen molar-refractivity contribution in [1.82, 2.24) is 9.88 Å². The van der Waals surface area contributed by atoms with E-state index in [0.717, 1.165) is 23.3 Å². The summed E-state index contributed by atoms with van der Waals surface area (Å²) >= 11 is 0. The molecule has 1 aromatic heterocycles. The molecule has 0 spiro atoms. The van der Waals surface area contributed by atoms with Gasteiger partial charge in [0, 0.05) is 35.8 Å². The number of nitrogens with zero attached hydrogens (tertiary/aromatic N) is 2. The van der Waals surface area contributed by atoms with E-state index in [1.54, 1.807) is 18.2 Å². The monoisotopic (exact) mass is 528 g/mol. The molecule has 0 radical (unpaired) electrons. The third-order valence-corrected chi connectivity index (χ3v) is 6.46. The summed E-state index contributed by atoms with van der Waals surface area (Å²) in [5, 5.41) is 9.15. The average molecular weight is 529 g/mol. The molecular formula is C31H26F2N2O4. The van der Waals surface area contributed by atoms with E-state index in [1.807, 2.05) is 60.7 Å². The minimum Gasteiger partial charge on any atom is -0.473 e. The van der Waals surface area contributed by atoms with Crippen molar-refractivity contribution < 1.29 is 28.2 Å². The zero-order valence-corrected chi connectivity index (χ0v) is 21.0. The molecule has 1 aliphatic rings.